The molecule has 244 valence electrons. The smallest absolute Gasteiger partial charge is 0.329 e. The molecule has 1 aliphatic heterocycles. The number of nitrogens with one attached hydrogen (secondary N) is 3. The number of hydrogen-bond donors (Lipinski definition) is 4. The van der Waals surface area contributed by atoms with Gasteiger partial charge in [-0.15, -0.1) is 0 Å². The zero-order valence-electron chi connectivity index (χ0n) is 26.3. The van der Waals surface area contributed by atoms with Crippen LogP contribution in [0.25, 0.3) is 10.9 Å². The second kappa shape index (κ2) is 14.3. The van der Waals surface area contributed by atoms with Crippen molar-refractivity contribution in [3.8, 4) is 0 Å². The number of aromatic amines is 1. The molecule has 13 heteroatoms. The second-order valence-corrected chi connectivity index (χ2v) is 15.0. The number of aromatic nitrogens is 1. The molecular weight excluding hydrogens is 584 g/mol. The van der Waals surface area contributed by atoms with Crippen LogP contribution in [-0.2, 0) is 24.3 Å². The Kier molecular flexibility index (Phi) is 11.0. The van der Waals surface area contributed by atoms with Gasteiger partial charge in [0.15, 0.2) is 0 Å². The van der Waals surface area contributed by atoms with Crippen molar-refractivity contribution in [2.24, 2.45) is 11.7 Å². The molecule has 1 aromatic carbocycles. The molecule has 44 heavy (non-hydrogen) atoms. The molecule has 2 aliphatic rings. The van der Waals surface area contributed by atoms with E-state index in [1.165, 1.54) is 9.21 Å². The molecular formula is C31H48N6O6S. The molecule has 3 atom stereocenters. The Bertz CT molecular complexity index is 1410. The molecule has 5 N–H and O–H groups in total. The molecule has 0 radical (unpaired) electrons. The average molecular weight is 633 g/mol. The quantitative estimate of drug-likeness (QED) is 0.195. The highest BCUT2D eigenvalue weighted by Gasteiger charge is 2.37. The van der Waals surface area contributed by atoms with Crippen molar-refractivity contribution >= 4 is 38.8 Å². The topological polar surface area (TPSA) is 167 Å². The summed E-state index contributed by atoms with van der Waals surface area (Å²) < 4.78 is 32.6. The number of carbonyl (C=O) groups excluding carboxylic acids is 3. The molecule has 3 unspecified atom stereocenters. The lowest BCUT2D eigenvalue weighted by atomic mass is 9.92. The molecule has 0 spiro atoms. The normalized spacial score (nSPS) is 18.4. The maximum Gasteiger partial charge on any atom is 0.329 e. The minimum atomic E-state index is -3.36. The highest BCUT2D eigenvalue weighted by molar-refractivity contribution is 7.89. The van der Waals surface area contributed by atoms with E-state index in [-0.39, 0.29) is 37.8 Å². The lowest BCUT2D eigenvalue weighted by molar-refractivity contribution is -0.159. The Labute approximate surface area is 260 Å². The molecule has 1 saturated carbocycles. The summed E-state index contributed by atoms with van der Waals surface area (Å²) in [6, 6.07) is 5.30. The fraction of sp³-hybridized carbons (Fsp3) is 0.645. The van der Waals surface area contributed by atoms with E-state index in [4.69, 9.17) is 10.5 Å². The third-order valence-corrected chi connectivity index (χ3v) is 10.2. The van der Waals surface area contributed by atoms with Crippen LogP contribution in [0.3, 0.4) is 0 Å². The lowest BCUT2D eigenvalue weighted by Crippen LogP contribution is -2.59. The molecule has 3 amide bonds. The van der Waals surface area contributed by atoms with Crippen molar-refractivity contribution < 1.29 is 27.5 Å². The summed E-state index contributed by atoms with van der Waals surface area (Å²) in [5, 5.41) is 6.70. The van der Waals surface area contributed by atoms with Crippen molar-refractivity contribution in [1.29, 1.82) is 0 Å². The van der Waals surface area contributed by atoms with E-state index >= 15 is 0 Å². The summed E-state index contributed by atoms with van der Waals surface area (Å²) in [5.41, 5.74) is 6.67. The lowest BCUT2D eigenvalue weighted by Gasteiger charge is -2.35. The van der Waals surface area contributed by atoms with Gasteiger partial charge in [-0.2, -0.15) is 4.31 Å². The predicted molar refractivity (Wildman–Crippen MR) is 169 cm³/mol. The monoisotopic (exact) mass is 632 g/mol. The third-order valence-electron chi connectivity index (χ3n) is 8.19. The number of rotatable bonds is 13. The number of hydrogen-bond acceptors (Lipinski definition) is 7. The van der Waals surface area contributed by atoms with Gasteiger partial charge in [-0.05, 0) is 77.0 Å². The van der Waals surface area contributed by atoms with Gasteiger partial charge in [0.1, 0.15) is 17.7 Å². The van der Waals surface area contributed by atoms with Crippen molar-refractivity contribution in [2.45, 2.75) is 83.4 Å². The molecule has 2 aromatic rings. The van der Waals surface area contributed by atoms with Gasteiger partial charge in [-0.25, -0.2) is 18.0 Å². The number of nitrogens with two attached hydrogens (primary N) is 1. The number of carbonyl (C=O) groups is 3. The Morgan fingerprint density at radius 1 is 1.07 bits per heavy atom. The number of amides is 3. The summed E-state index contributed by atoms with van der Waals surface area (Å²) in [7, 11) is -3.36. The standard InChI is InChI=1S/C31H48N6O6S/c1-21(24-19-33-25-10-6-5-9-23(24)25)27(28(38)34-26(11-7-8-14-32)29(39)43-31(2,3)4)35-30(40)36-15-17-37(18-16-36)44(41,42)20-22-12-13-22/h5-6,9-10,19,21-22,26-27,33H,7-8,11-18,20,32H2,1-4H3,(H,34,38)(H,35,40). The van der Waals surface area contributed by atoms with E-state index < -0.39 is 51.5 Å². The van der Waals surface area contributed by atoms with Gasteiger partial charge < -0.3 is 31.0 Å². The summed E-state index contributed by atoms with van der Waals surface area (Å²) in [6.45, 7) is 8.46. The van der Waals surface area contributed by atoms with Crippen LogP contribution in [0.15, 0.2) is 30.5 Å². The van der Waals surface area contributed by atoms with Crippen LogP contribution in [0, 0.1) is 5.92 Å². The molecule has 1 saturated heterocycles. The Balaban J connectivity index is 1.52. The summed E-state index contributed by atoms with van der Waals surface area (Å²) in [6.07, 6.45) is 5.37. The minimum Gasteiger partial charge on any atom is -0.458 e. The van der Waals surface area contributed by atoms with Crippen LogP contribution in [0.1, 0.15) is 71.3 Å². The number of ether oxygens (including phenoxy) is 1. The highest BCUT2D eigenvalue weighted by atomic mass is 32.2. The number of unbranched alkanes of at least 4 members (excludes halogenated alkanes) is 1. The number of nitrogens with zero attached hydrogens (tertiary/aromatic N) is 2. The Morgan fingerprint density at radius 3 is 2.39 bits per heavy atom. The number of para-hydroxylation sites is 1. The second-order valence-electron chi connectivity index (χ2n) is 13.0. The summed E-state index contributed by atoms with van der Waals surface area (Å²) in [4.78, 5) is 45.4. The van der Waals surface area contributed by atoms with Crippen molar-refractivity contribution in [3.63, 3.8) is 0 Å². The number of esters is 1. The van der Waals surface area contributed by atoms with Crippen LogP contribution in [0.5, 0.6) is 0 Å². The van der Waals surface area contributed by atoms with E-state index in [0.717, 1.165) is 29.3 Å². The van der Waals surface area contributed by atoms with Crippen LogP contribution in [-0.4, -0.2) is 96.7 Å². The van der Waals surface area contributed by atoms with E-state index in [1.807, 2.05) is 37.4 Å². The summed E-state index contributed by atoms with van der Waals surface area (Å²) >= 11 is 0. The van der Waals surface area contributed by atoms with Gasteiger partial charge in [0.25, 0.3) is 0 Å². The zero-order valence-corrected chi connectivity index (χ0v) is 27.1. The fourth-order valence-corrected chi connectivity index (χ4v) is 7.38. The van der Waals surface area contributed by atoms with E-state index in [2.05, 4.69) is 15.6 Å². The minimum absolute atomic E-state index is 0.160. The number of urea groups is 1. The van der Waals surface area contributed by atoms with Crippen molar-refractivity contribution in [3.05, 3.63) is 36.0 Å². The summed E-state index contributed by atoms with van der Waals surface area (Å²) in [5.74, 6) is -1.13. The van der Waals surface area contributed by atoms with Gasteiger partial charge in [0.2, 0.25) is 15.9 Å². The highest BCUT2D eigenvalue weighted by Crippen LogP contribution is 2.31. The first-order valence-corrected chi connectivity index (χ1v) is 17.2. The van der Waals surface area contributed by atoms with Crippen LogP contribution < -0.4 is 16.4 Å². The van der Waals surface area contributed by atoms with Crippen molar-refractivity contribution in [1.82, 2.24) is 24.8 Å². The largest absolute Gasteiger partial charge is 0.458 e. The zero-order chi connectivity index (χ0) is 32.1. The number of H-pyrrole nitrogens is 1. The van der Waals surface area contributed by atoms with Gasteiger partial charge in [0, 0.05) is 49.2 Å². The molecule has 4 rings (SSSR count). The first kappa shape index (κ1) is 33.7. The predicted octanol–water partition coefficient (Wildman–Crippen LogP) is 2.66. The van der Waals surface area contributed by atoms with Gasteiger partial charge in [-0.3, -0.25) is 4.79 Å². The number of sulfonamides is 1. The maximum atomic E-state index is 14.0. The van der Waals surface area contributed by atoms with E-state index in [9.17, 15) is 22.8 Å². The molecule has 2 heterocycles. The fourth-order valence-electron chi connectivity index (χ4n) is 5.53. The van der Waals surface area contributed by atoms with Gasteiger partial charge in [-0.1, -0.05) is 25.1 Å². The average Bonchev–Trinajstić information content (AvgIpc) is 3.67. The first-order valence-electron chi connectivity index (χ1n) is 15.6. The van der Waals surface area contributed by atoms with Gasteiger partial charge in [0.05, 0.1) is 5.75 Å². The van der Waals surface area contributed by atoms with E-state index in [1.54, 1.807) is 20.8 Å². The Morgan fingerprint density at radius 2 is 1.75 bits per heavy atom. The SMILES string of the molecule is CC(c1c[nH]c2ccccc12)C(NC(=O)N1CCN(S(=O)(=O)CC2CC2)CC1)C(=O)NC(CCCCN)C(=O)OC(C)(C)C. The third kappa shape index (κ3) is 8.95. The first-order chi connectivity index (χ1) is 20.8. The van der Waals surface area contributed by atoms with E-state index in [0.29, 0.717) is 25.8 Å². The van der Waals surface area contributed by atoms with Crippen LogP contribution >= 0.6 is 0 Å². The van der Waals surface area contributed by atoms with Crippen LogP contribution in [0.2, 0.25) is 0 Å². The maximum absolute atomic E-state index is 14.0. The van der Waals surface area contributed by atoms with Crippen molar-refractivity contribution in [2.75, 3.05) is 38.5 Å². The number of benzene rings is 1. The van der Waals surface area contributed by atoms with Gasteiger partial charge >= 0.3 is 12.0 Å². The number of fused-ring (bicyclic) bond motifs is 1. The van der Waals surface area contributed by atoms with Crippen LogP contribution in [0.4, 0.5) is 4.79 Å². The molecule has 2 fully saturated rings. The molecule has 0 bridgehead atoms. The Hall–Kier alpha value is -3.16. The molecule has 1 aromatic heterocycles. The number of piperazine rings is 1. The molecule has 12 nitrogen and oxygen atoms in total. The molecule has 1 aliphatic carbocycles.